The predicted molar refractivity (Wildman–Crippen MR) is 139 cm³/mol. The van der Waals surface area contributed by atoms with E-state index >= 15 is 0 Å². The third kappa shape index (κ3) is 2.79. The molecule has 7 rings (SSSR count). The van der Waals surface area contributed by atoms with Crippen molar-refractivity contribution in [1.29, 1.82) is 0 Å². The number of hydrogen-bond donors (Lipinski definition) is 0. The summed E-state index contributed by atoms with van der Waals surface area (Å²) in [5.41, 5.74) is 6.82. The fourth-order valence-corrected chi connectivity index (χ4v) is 4.95. The van der Waals surface area contributed by atoms with Gasteiger partial charge in [-0.1, -0.05) is 48.5 Å². The summed E-state index contributed by atoms with van der Waals surface area (Å²) in [4.78, 5) is 9.05. The van der Waals surface area contributed by atoms with Gasteiger partial charge in [-0.2, -0.15) is 0 Å². The van der Waals surface area contributed by atoms with Crippen LogP contribution in [0, 0.1) is 0 Å². The first kappa shape index (κ1) is 18.8. The number of rotatable bonds is 3. The summed E-state index contributed by atoms with van der Waals surface area (Å²) in [5, 5.41) is 3.65. The third-order valence-electron chi connectivity index (χ3n) is 6.51. The smallest absolute Gasteiger partial charge is 0.137 e. The van der Waals surface area contributed by atoms with E-state index in [-0.39, 0.29) is 0 Å². The average Bonchev–Trinajstić information content (AvgIpc) is 3.49. The van der Waals surface area contributed by atoms with Gasteiger partial charge in [0.15, 0.2) is 0 Å². The molecule has 4 nitrogen and oxygen atoms in total. The van der Waals surface area contributed by atoms with E-state index in [9.17, 15) is 0 Å². The summed E-state index contributed by atoms with van der Waals surface area (Å²) in [6, 6.07) is 34.0. The molecule has 160 valence electrons. The summed E-state index contributed by atoms with van der Waals surface area (Å²) in [6.07, 6.45) is 7.72. The molecule has 0 aliphatic carbocycles. The van der Waals surface area contributed by atoms with E-state index in [2.05, 4.69) is 105 Å². The van der Waals surface area contributed by atoms with Gasteiger partial charge in [0.1, 0.15) is 5.82 Å². The van der Waals surface area contributed by atoms with Crippen LogP contribution >= 0.6 is 0 Å². The van der Waals surface area contributed by atoms with Crippen molar-refractivity contribution in [2.45, 2.75) is 0 Å². The predicted octanol–water partition coefficient (Wildman–Crippen LogP) is 7.18. The van der Waals surface area contributed by atoms with Gasteiger partial charge in [0.05, 0.1) is 16.6 Å². The largest absolute Gasteiger partial charge is 0.315 e. The van der Waals surface area contributed by atoms with E-state index in [0.717, 1.165) is 33.7 Å². The highest BCUT2D eigenvalue weighted by atomic mass is 15.1. The summed E-state index contributed by atoms with van der Waals surface area (Å²) >= 11 is 0. The Hall–Kier alpha value is -4.70. The minimum atomic E-state index is 0.900. The topological polar surface area (TPSA) is 35.6 Å². The van der Waals surface area contributed by atoms with Crippen LogP contribution in [-0.4, -0.2) is 19.1 Å². The van der Waals surface area contributed by atoms with Crippen LogP contribution in [0.15, 0.2) is 122 Å². The van der Waals surface area contributed by atoms with Crippen molar-refractivity contribution < 1.29 is 0 Å². The van der Waals surface area contributed by atoms with Crippen molar-refractivity contribution in [2.75, 3.05) is 0 Å². The minimum absolute atomic E-state index is 0.900. The molecule has 0 saturated heterocycles. The van der Waals surface area contributed by atoms with Crippen LogP contribution in [0.2, 0.25) is 0 Å². The van der Waals surface area contributed by atoms with Gasteiger partial charge in [-0.3, -0.25) is 9.55 Å². The van der Waals surface area contributed by atoms with Crippen LogP contribution in [-0.2, 0) is 0 Å². The van der Waals surface area contributed by atoms with E-state index in [1.165, 1.54) is 21.7 Å². The highest BCUT2D eigenvalue weighted by Gasteiger charge is 2.18. The second-order valence-corrected chi connectivity index (χ2v) is 8.41. The molecule has 0 unspecified atom stereocenters. The van der Waals surface area contributed by atoms with Crippen molar-refractivity contribution in [3.63, 3.8) is 0 Å². The summed E-state index contributed by atoms with van der Waals surface area (Å²) in [5.74, 6) is 0.900. The van der Waals surface area contributed by atoms with Crippen LogP contribution < -0.4 is 0 Å². The Morgan fingerprint density at radius 2 is 1.41 bits per heavy atom. The van der Waals surface area contributed by atoms with Crippen molar-refractivity contribution in [3.8, 4) is 22.6 Å². The number of para-hydroxylation sites is 2. The van der Waals surface area contributed by atoms with Crippen molar-refractivity contribution in [3.05, 3.63) is 122 Å². The van der Waals surface area contributed by atoms with Crippen LogP contribution in [0.3, 0.4) is 0 Å². The first-order valence-corrected chi connectivity index (χ1v) is 11.3. The zero-order valence-corrected chi connectivity index (χ0v) is 18.3. The molecule has 0 fully saturated rings. The molecule has 0 N–H and O–H groups in total. The van der Waals surface area contributed by atoms with Crippen LogP contribution in [0.1, 0.15) is 0 Å². The van der Waals surface area contributed by atoms with Gasteiger partial charge >= 0.3 is 0 Å². The van der Waals surface area contributed by atoms with Crippen LogP contribution in [0.25, 0.3) is 55.3 Å². The van der Waals surface area contributed by atoms with Crippen LogP contribution in [0.4, 0.5) is 0 Å². The molecular weight excluding hydrogens is 416 g/mol. The highest BCUT2D eigenvalue weighted by molar-refractivity contribution is 6.18. The van der Waals surface area contributed by atoms with Gasteiger partial charge in [-0.25, -0.2) is 4.98 Å². The summed E-state index contributed by atoms with van der Waals surface area (Å²) < 4.78 is 4.57. The Bertz CT molecular complexity index is 1780. The Morgan fingerprint density at radius 1 is 0.588 bits per heavy atom. The van der Waals surface area contributed by atoms with Gasteiger partial charge in [0.2, 0.25) is 0 Å². The van der Waals surface area contributed by atoms with E-state index in [0.29, 0.717) is 0 Å². The Kier molecular flexibility index (Phi) is 4.11. The summed E-state index contributed by atoms with van der Waals surface area (Å²) in [7, 11) is 0. The third-order valence-corrected chi connectivity index (χ3v) is 6.51. The standard InChI is InChI=1S/C30H20N4/c1-2-6-24(7-3-1)33-19-16-22-10-12-26-25-8-4-5-9-27(25)34(30(26)29(22)33)28-13-11-23(20-32-28)21-14-17-31-18-15-21/h1-20H. The molecule has 4 aromatic heterocycles. The molecule has 4 heteroatoms. The van der Waals surface area contributed by atoms with Crippen molar-refractivity contribution >= 4 is 32.7 Å². The fraction of sp³-hybridized carbons (Fsp3) is 0. The fourth-order valence-electron chi connectivity index (χ4n) is 4.95. The molecule has 0 spiro atoms. The maximum absolute atomic E-state index is 4.92. The molecule has 0 atom stereocenters. The van der Waals surface area contributed by atoms with E-state index in [4.69, 9.17) is 4.98 Å². The number of pyridine rings is 2. The molecule has 34 heavy (non-hydrogen) atoms. The Morgan fingerprint density at radius 3 is 2.24 bits per heavy atom. The number of benzene rings is 3. The monoisotopic (exact) mass is 436 g/mol. The van der Waals surface area contributed by atoms with Crippen molar-refractivity contribution in [1.82, 2.24) is 19.1 Å². The normalized spacial score (nSPS) is 11.5. The number of nitrogens with zero attached hydrogens (tertiary/aromatic N) is 4. The maximum Gasteiger partial charge on any atom is 0.137 e. The molecule has 0 radical (unpaired) electrons. The lowest BCUT2D eigenvalue weighted by Crippen LogP contribution is -2.00. The average molecular weight is 437 g/mol. The van der Waals surface area contributed by atoms with Crippen LogP contribution in [0.5, 0.6) is 0 Å². The molecule has 3 aromatic carbocycles. The number of fused-ring (bicyclic) bond motifs is 5. The number of aromatic nitrogens is 4. The van der Waals surface area contributed by atoms with E-state index in [1.54, 1.807) is 0 Å². The van der Waals surface area contributed by atoms with Crippen molar-refractivity contribution in [2.24, 2.45) is 0 Å². The van der Waals surface area contributed by atoms with Gasteiger partial charge < -0.3 is 4.57 Å². The lowest BCUT2D eigenvalue weighted by atomic mass is 10.1. The SMILES string of the molecule is c1ccc(-n2ccc3ccc4c5ccccc5n(-c5ccc(-c6ccncc6)cn5)c4c32)cc1. The molecule has 0 amide bonds. The minimum Gasteiger partial charge on any atom is -0.315 e. The van der Waals surface area contributed by atoms with Gasteiger partial charge in [-0.15, -0.1) is 0 Å². The molecule has 0 saturated carbocycles. The molecule has 0 aliphatic heterocycles. The molecule has 4 heterocycles. The zero-order valence-electron chi connectivity index (χ0n) is 18.3. The number of hydrogen-bond acceptors (Lipinski definition) is 2. The van der Waals surface area contributed by atoms with Gasteiger partial charge in [0.25, 0.3) is 0 Å². The second kappa shape index (κ2) is 7.42. The first-order chi connectivity index (χ1) is 16.9. The quantitative estimate of drug-likeness (QED) is 0.294. The lowest BCUT2D eigenvalue weighted by Gasteiger charge is -2.11. The van der Waals surface area contributed by atoms with Gasteiger partial charge in [0, 0.05) is 52.2 Å². The maximum atomic E-state index is 4.92. The lowest BCUT2D eigenvalue weighted by molar-refractivity contribution is 1.07. The molecule has 0 bridgehead atoms. The summed E-state index contributed by atoms with van der Waals surface area (Å²) in [6.45, 7) is 0. The highest BCUT2D eigenvalue weighted by Crippen LogP contribution is 2.37. The molecule has 0 aliphatic rings. The van der Waals surface area contributed by atoms with E-state index in [1.807, 2.05) is 30.7 Å². The molecular formula is C30H20N4. The first-order valence-electron chi connectivity index (χ1n) is 11.3. The Balaban J connectivity index is 1.55. The molecule has 7 aromatic rings. The second-order valence-electron chi connectivity index (χ2n) is 8.41. The zero-order chi connectivity index (χ0) is 22.5. The Labute approximate surface area is 196 Å². The van der Waals surface area contributed by atoms with Gasteiger partial charge in [-0.05, 0) is 54.1 Å². The van der Waals surface area contributed by atoms with E-state index < -0.39 is 0 Å².